The maximum absolute atomic E-state index is 13.3. The summed E-state index contributed by atoms with van der Waals surface area (Å²) in [5.74, 6) is -0.0528. The number of halogens is 3. The smallest absolute Gasteiger partial charge is 0.418 e. The van der Waals surface area contributed by atoms with Crippen LogP contribution in [0.2, 0.25) is 0 Å². The molecule has 0 aliphatic rings. The van der Waals surface area contributed by atoms with E-state index in [-0.39, 0.29) is 35.2 Å². The maximum Gasteiger partial charge on any atom is 0.418 e. The van der Waals surface area contributed by atoms with E-state index in [0.29, 0.717) is 0 Å². The van der Waals surface area contributed by atoms with E-state index in [9.17, 15) is 23.2 Å². The number of alkyl halides is 3. The van der Waals surface area contributed by atoms with Crippen LogP contribution in [0, 0.1) is 11.3 Å². The highest BCUT2D eigenvalue weighted by atomic mass is 32.1. The quantitative estimate of drug-likeness (QED) is 0.842. The number of para-hydroxylation sites is 1. The first-order valence-corrected chi connectivity index (χ1v) is 7.75. The zero-order chi connectivity index (χ0) is 18.6. The Morgan fingerprint density at radius 2 is 2.08 bits per heavy atom. The predicted molar refractivity (Wildman–Crippen MR) is 86.4 cm³/mol. The van der Waals surface area contributed by atoms with Crippen molar-refractivity contribution in [2.24, 2.45) is 0 Å². The van der Waals surface area contributed by atoms with E-state index in [1.54, 1.807) is 6.07 Å². The first-order valence-electron chi connectivity index (χ1n) is 6.97. The van der Waals surface area contributed by atoms with Gasteiger partial charge in [-0.05, 0) is 23.7 Å². The molecule has 0 atom stereocenters. The van der Waals surface area contributed by atoms with Gasteiger partial charge in [0.15, 0.2) is 5.56 Å². The normalized spacial score (nSPS) is 11.2. The summed E-state index contributed by atoms with van der Waals surface area (Å²) in [7, 11) is 2.69. The lowest BCUT2D eigenvalue weighted by molar-refractivity contribution is -0.137. The SMILES string of the molecule is COCCn1sc(Nc2c(OC)cccc2C(F)(F)F)c(C#N)c1=O. The van der Waals surface area contributed by atoms with Gasteiger partial charge < -0.3 is 14.8 Å². The second-order valence-corrected chi connectivity index (χ2v) is 5.84. The number of nitrogens with one attached hydrogen (secondary N) is 1. The van der Waals surface area contributed by atoms with Crippen LogP contribution in [0.15, 0.2) is 23.0 Å². The van der Waals surface area contributed by atoms with Gasteiger partial charge in [0.2, 0.25) is 0 Å². The molecule has 0 unspecified atom stereocenters. The van der Waals surface area contributed by atoms with Gasteiger partial charge in [-0.15, -0.1) is 0 Å². The fraction of sp³-hybridized carbons (Fsp3) is 0.333. The minimum Gasteiger partial charge on any atom is -0.495 e. The van der Waals surface area contributed by atoms with Crippen molar-refractivity contribution in [2.45, 2.75) is 12.7 Å². The number of aromatic nitrogens is 1. The molecule has 2 aromatic rings. The van der Waals surface area contributed by atoms with Crippen molar-refractivity contribution >= 4 is 22.2 Å². The molecule has 1 aromatic heterocycles. The molecule has 1 heterocycles. The van der Waals surface area contributed by atoms with E-state index in [0.717, 1.165) is 17.6 Å². The average Bonchev–Trinajstić information content (AvgIpc) is 2.86. The molecule has 0 spiro atoms. The van der Waals surface area contributed by atoms with Crippen LogP contribution < -0.4 is 15.6 Å². The van der Waals surface area contributed by atoms with E-state index in [1.807, 2.05) is 0 Å². The molecule has 0 saturated carbocycles. The fourth-order valence-corrected chi connectivity index (χ4v) is 3.04. The van der Waals surface area contributed by atoms with Crippen LogP contribution in [0.5, 0.6) is 5.75 Å². The van der Waals surface area contributed by atoms with Gasteiger partial charge >= 0.3 is 6.18 Å². The number of rotatable bonds is 6. The Labute approximate surface area is 145 Å². The van der Waals surface area contributed by atoms with E-state index in [1.165, 1.54) is 30.3 Å². The van der Waals surface area contributed by atoms with Gasteiger partial charge in [-0.3, -0.25) is 8.75 Å². The number of hydrogen-bond acceptors (Lipinski definition) is 6. The molecule has 0 saturated heterocycles. The van der Waals surface area contributed by atoms with Crippen LogP contribution >= 0.6 is 11.5 Å². The number of anilines is 2. The highest BCUT2D eigenvalue weighted by Crippen LogP contribution is 2.41. The molecule has 10 heteroatoms. The maximum atomic E-state index is 13.3. The summed E-state index contributed by atoms with van der Waals surface area (Å²) in [5, 5.41) is 11.7. The number of hydrogen-bond donors (Lipinski definition) is 1. The Morgan fingerprint density at radius 1 is 1.36 bits per heavy atom. The van der Waals surface area contributed by atoms with Crippen LogP contribution in [0.3, 0.4) is 0 Å². The van der Waals surface area contributed by atoms with E-state index < -0.39 is 17.3 Å². The minimum absolute atomic E-state index is 0.0126. The molecule has 2 rings (SSSR count). The second-order valence-electron chi connectivity index (χ2n) is 4.81. The highest BCUT2D eigenvalue weighted by molar-refractivity contribution is 7.11. The molecular formula is C15H14F3N3O3S. The molecule has 0 bridgehead atoms. The van der Waals surface area contributed by atoms with Crippen LogP contribution in [-0.4, -0.2) is 24.8 Å². The number of ether oxygens (including phenoxy) is 2. The largest absolute Gasteiger partial charge is 0.495 e. The van der Waals surface area contributed by atoms with Crippen molar-refractivity contribution < 1.29 is 22.6 Å². The first-order chi connectivity index (χ1) is 11.8. The number of methoxy groups -OCH3 is 2. The van der Waals surface area contributed by atoms with Gasteiger partial charge in [0.25, 0.3) is 5.56 Å². The Bertz CT molecular complexity index is 852. The molecule has 1 aromatic carbocycles. The number of benzene rings is 1. The van der Waals surface area contributed by atoms with E-state index in [4.69, 9.17) is 9.47 Å². The highest BCUT2D eigenvalue weighted by Gasteiger charge is 2.35. The van der Waals surface area contributed by atoms with Crippen molar-refractivity contribution in [3.05, 3.63) is 39.7 Å². The zero-order valence-electron chi connectivity index (χ0n) is 13.3. The van der Waals surface area contributed by atoms with E-state index >= 15 is 0 Å². The van der Waals surface area contributed by atoms with Gasteiger partial charge in [-0.2, -0.15) is 18.4 Å². The third-order valence-corrected chi connectivity index (χ3v) is 4.33. The molecule has 0 fully saturated rings. The lowest BCUT2D eigenvalue weighted by Gasteiger charge is -2.16. The molecule has 6 nitrogen and oxygen atoms in total. The van der Waals surface area contributed by atoms with Crippen molar-refractivity contribution in [1.29, 1.82) is 5.26 Å². The van der Waals surface area contributed by atoms with Crippen molar-refractivity contribution in [2.75, 3.05) is 26.1 Å². The molecule has 0 aliphatic heterocycles. The third kappa shape index (κ3) is 3.94. The van der Waals surface area contributed by atoms with Gasteiger partial charge in [-0.25, -0.2) is 0 Å². The summed E-state index contributed by atoms with van der Waals surface area (Å²) < 4.78 is 50.9. The van der Waals surface area contributed by atoms with Crippen LogP contribution in [-0.2, 0) is 17.5 Å². The standard InChI is InChI=1S/C15H14F3N3O3S/c1-23-7-6-21-14(22)9(8-19)13(25-21)20-12-10(15(16,17)18)4-3-5-11(12)24-2/h3-5,20H,6-7H2,1-2H3. The van der Waals surface area contributed by atoms with Crippen LogP contribution in [0.25, 0.3) is 0 Å². The third-order valence-electron chi connectivity index (χ3n) is 3.27. The van der Waals surface area contributed by atoms with Crippen LogP contribution in [0.1, 0.15) is 11.1 Å². The van der Waals surface area contributed by atoms with Gasteiger partial charge in [-0.1, -0.05) is 6.07 Å². The summed E-state index contributed by atoms with van der Waals surface area (Å²) >= 11 is 0.852. The summed E-state index contributed by atoms with van der Waals surface area (Å²) in [6.45, 7) is 0.418. The van der Waals surface area contributed by atoms with Crippen molar-refractivity contribution in [3.8, 4) is 11.8 Å². The summed E-state index contributed by atoms with van der Waals surface area (Å²) in [6.07, 6.45) is -4.63. The molecule has 134 valence electrons. The predicted octanol–water partition coefficient (Wildman–Crippen LogP) is 3.20. The summed E-state index contributed by atoms with van der Waals surface area (Å²) in [5.41, 5.74) is -2.16. The van der Waals surface area contributed by atoms with Crippen molar-refractivity contribution in [3.63, 3.8) is 0 Å². The number of nitrogens with zero attached hydrogens (tertiary/aromatic N) is 2. The Balaban J connectivity index is 2.54. The zero-order valence-corrected chi connectivity index (χ0v) is 14.1. The monoisotopic (exact) mass is 373 g/mol. The van der Waals surface area contributed by atoms with Gasteiger partial charge in [0.1, 0.15) is 16.8 Å². The molecule has 1 N–H and O–H groups in total. The average molecular weight is 373 g/mol. The molecule has 25 heavy (non-hydrogen) atoms. The molecule has 0 amide bonds. The van der Waals surface area contributed by atoms with E-state index in [2.05, 4.69) is 5.32 Å². The molecular weight excluding hydrogens is 359 g/mol. The van der Waals surface area contributed by atoms with Gasteiger partial charge in [0.05, 0.1) is 31.5 Å². The van der Waals surface area contributed by atoms with Crippen LogP contribution in [0.4, 0.5) is 23.9 Å². The first kappa shape index (κ1) is 18.8. The van der Waals surface area contributed by atoms with Gasteiger partial charge in [0, 0.05) is 7.11 Å². The summed E-state index contributed by atoms with van der Waals surface area (Å²) in [4.78, 5) is 12.2. The minimum atomic E-state index is -4.63. The molecule has 0 radical (unpaired) electrons. The Hall–Kier alpha value is -2.51. The molecule has 0 aliphatic carbocycles. The fourth-order valence-electron chi connectivity index (χ4n) is 2.10. The second kappa shape index (κ2) is 7.58. The lowest BCUT2D eigenvalue weighted by Crippen LogP contribution is -2.17. The Morgan fingerprint density at radius 3 is 2.64 bits per heavy atom. The number of nitriles is 1. The lowest BCUT2D eigenvalue weighted by atomic mass is 10.1. The topological polar surface area (TPSA) is 76.3 Å². The van der Waals surface area contributed by atoms with Crippen molar-refractivity contribution in [1.82, 2.24) is 3.96 Å². The summed E-state index contributed by atoms with van der Waals surface area (Å²) in [6, 6.07) is 5.19. The Kier molecular flexibility index (Phi) is 5.71.